The molecule has 1 N–H and O–H groups in total. The van der Waals surface area contributed by atoms with Gasteiger partial charge in [-0.1, -0.05) is 20.8 Å². The number of carbonyl (C=O) groups excluding carboxylic acids is 1. The number of benzene rings is 1. The highest BCUT2D eigenvalue weighted by atomic mass is 32.1. The monoisotopic (exact) mass is 410 g/mol. The van der Waals surface area contributed by atoms with Crippen LogP contribution in [0.4, 0.5) is 5.13 Å². The van der Waals surface area contributed by atoms with Crippen molar-refractivity contribution in [3.63, 3.8) is 0 Å². The van der Waals surface area contributed by atoms with Gasteiger partial charge in [0.05, 0.1) is 18.2 Å². The molecule has 1 amide bonds. The van der Waals surface area contributed by atoms with Crippen LogP contribution in [0.15, 0.2) is 37.5 Å². The largest absolute Gasteiger partial charge is 0.464 e. The molecule has 0 spiro atoms. The summed E-state index contributed by atoms with van der Waals surface area (Å²) in [7, 11) is 0. The topological polar surface area (TPSA) is 85.3 Å². The molecule has 0 fully saturated rings. The first-order chi connectivity index (χ1) is 13.7. The first kappa shape index (κ1) is 19.4. The average molecular weight is 410 g/mol. The van der Waals surface area contributed by atoms with E-state index in [4.69, 9.17) is 8.83 Å². The van der Waals surface area contributed by atoms with E-state index in [2.05, 4.69) is 31.1 Å². The van der Waals surface area contributed by atoms with Crippen molar-refractivity contribution < 1.29 is 13.6 Å². The molecule has 0 aliphatic rings. The summed E-state index contributed by atoms with van der Waals surface area (Å²) >= 11 is 1.33. The summed E-state index contributed by atoms with van der Waals surface area (Å²) in [5, 5.41) is 6.81. The number of carbonyl (C=O) groups is 1. The van der Waals surface area contributed by atoms with E-state index in [1.807, 2.05) is 19.9 Å². The Kier molecular flexibility index (Phi) is 4.58. The molecule has 0 unspecified atom stereocenters. The maximum absolute atomic E-state index is 12.7. The van der Waals surface area contributed by atoms with Crippen LogP contribution in [0, 0.1) is 13.8 Å². The number of nitrogens with zero attached hydrogens (tertiary/aromatic N) is 1. The molecule has 0 bridgehead atoms. The number of aromatic nitrogens is 1. The van der Waals surface area contributed by atoms with Crippen LogP contribution in [0.3, 0.4) is 0 Å². The zero-order valence-corrected chi connectivity index (χ0v) is 17.8. The molecule has 0 saturated heterocycles. The van der Waals surface area contributed by atoms with Crippen molar-refractivity contribution in [1.29, 1.82) is 0 Å². The predicted molar refractivity (Wildman–Crippen MR) is 115 cm³/mol. The number of aryl methyl sites for hydroxylation is 2. The second-order valence-corrected chi connectivity index (χ2v) is 9.10. The molecule has 3 aromatic heterocycles. The highest BCUT2D eigenvalue weighted by Crippen LogP contribution is 2.37. The second-order valence-electron chi connectivity index (χ2n) is 8.21. The Labute approximate surface area is 171 Å². The number of furan rings is 1. The number of nitrogens with one attached hydrogen (secondary N) is 1. The van der Waals surface area contributed by atoms with E-state index in [-0.39, 0.29) is 17.7 Å². The quantitative estimate of drug-likeness (QED) is 0.476. The van der Waals surface area contributed by atoms with Gasteiger partial charge >= 0.3 is 5.63 Å². The zero-order valence-electron chi connectivity index (χ0n) is 17.0. The average Bonchev–Trinajstić information content (AvgIpc) is 3.29. The summed E-state index contributed by atoms with van der Waals surface area (Å²) in [6.45, 7) is 10.1. The van der Waals surface area contributed by atoms with Crippen molar-refractivity contribution in [3.8, 4) is 0 Å². The third kappa shape index (κ3) is 3.35. The number of thiazole rings is 1. The Morgan fingerprint density at radius 2 is 1.93 bits per heavy atom. The number of rotatable bonds is 3. The number of anilines is 1. The summed E-state index contributed by atoms with van der Waals surface area (Å²) in [5.41, 5.74) is 3.60. The van der Waals surface area contributed by atoms with E-state index in [1.165, 1.54) is 11.3 Å². The van der Waals surface area contributed by atoms with Gasteiger partial charge in [0.25, 0.3) is 0 Å². The number of hydrogen-bond acceptors (Lipinski definition) is 6. The first-order valence-corrected chi connectivity index (χ1v) is 10.2. The number of fused-ring (bicyclic) bond motifs is 2. The van der Waals surface area contributed by atoms with Gasteiger partial charge in [0.2, 0.25) is 5.91 Å². The summed E-state index contributed by atoms with van der Waals surface area (Å²) in [4.78, 5) is 29.1. The highest BCUT2D eigenvalue weighted by Gasteiger charge is 2.24. The van der Waals surface area contributed by atoms with Crippen LogP contribution in [-0.2, 0) is 16.6 Å². The van der Waals surface area contributed by atoms with Crippen LogP contribution in [0.25, 0.3) is 21.9 Å². The lowest BCUT2D eigenvalue weighted by Crippen LogP contribution is -2.20. The molecular formula is C22H22N2O4S. The van der Waals surface area contributed by atoms with E-state index in [9.17, 15) is 9.59 Å². The van der Waals surface area contributed by atoms with Crippen LogP contribution in [0.5, 0.6) is 0 Å². The van der Waals surface area contributed by atoms with Gasteiger partial charge in [-0.2, -0.15) is 0 Å². The van der Waals surface area contributed by atoms with Crippen LogP contribution in [0.2, 0.25) is 0 Å². The van der Waals surface area contributed by atoms with Gasteiger partial charge in [-0.25, -0.2) is 9.78 Å². The Hall–Kier alpha value is -2.93. The van der Waals surface area contributed by atoms with Crippen molar-refractivity contribution in [2.75, 3.05) is 5.32 Å². The van der Waals surface area contributed by atoms with Gasteiger partial charge in [-0.3, -0.25) is 4.79 Å². The fraction of sp³-hybridized carbons (Fsp3) is 0.318. The van der Waals surface area contributed by atoms with Crippen LogP contribution in [-0.4, -0.2) is 10.9 Å². The minimum Gasteiger partial charge on any atom is -0.464 e. The van der Waals surface area contributed by atoms with Crippen molar-refractivity contribution in [2.24, 2.45) is 0 Å². The Balaban J connectivity index is 1.86. The molecule has 4 rings (SSSR count). The van der Waals surface area contributed by atoms with Crippen molar-refractivity contribution in [1.82, 2.24) is 4.98 Å². The molecule has 150 valence electrons. The Morgan fingerprint density at radius 1 is 1.17 bits per heavy atom. The van der Waals surface area contributed by atoms with Gasteiger partial charge in [-0.05, 0) is 30.9 Å². The molecule has 0 radical (unpaired) electrons. The summed E-state index contributed by atoms with van der Waals surface area (Å²) < 4.78 is 11.5. The van der Waals surface area contributed by atoms with Crippen LogP contribution < -0.4 is 10.9 Å². The fourth-order valence-electron chi connectivity index (χ4n) is 3.59. The van der Waals surface area contributed by atoms with Gasteiger partial charge in [0.1, 0.15) is 11.2 Å². The maximum Gasteiger partial charge on any atom is 0.340 e. The third-order valence-corrected chi connectivity index (χ3v) is 5.85. The molecule has 0 atom stereocenters. The second kappa shape index (κ2) is 6.84. The minimum atomic E-state index is -0.505. The van der Waals surface area contributed by atoms with E-state index < -0.39 is 5.63 Å². The standard InChI is InChI=1S/C22H22N2O4S/c1-11-13-8-15-16(22(3,4)5)10-27-18(15)12(2)19(13)28-20(26)14(11)9-17(25)24-21-23-6-7-29-21/h6-8,10H,9H2,1-5H3,(H,23,24,25). The molecule has 7 heteroatoms. The molecule has 29 heavy (non-hydrogen) atoms. The van der Waals surface area contributed by atoms with Gasteiger partial charge in [-0.15, -0.1) is 11.3 Å². The smallest absolute Gasteiger partial charge is 0.340 e. The van der Waals surface area contributed by atoms with Crippen molar-refractivity contribution in [3.05, 3.63) is 56.6 Å². The number of amides is 1. The summed E-state index contributed by atoms with van der Waals surface area (Å²) in [5.74, 6) is -0.300. The molecule has 4 aromatic rings. The fourth-order valence-corrected chi connectivity index (χ4v) is 4.14. The van der Waals surface area contributed by atoms with Crippen LogP contribution >= 0.6 is 11.3 Å². The number of hydrogen-bond donors (Lipinski definition) is 1. The molecular weight excluding hydrogens is 388 g/mol. The normalized spacial score (nSPS) is 12.0. The third-order valence-electron chi connectivity index (χ3n) is 5.17. The van der Waals surface area contributed by atoms with Crippen molar-refractivity contribution in [2.45, 2.75) is 46.5 Å². The molecule has 1 aromatic carbocycles. The molecule has 0 aliphatic carbocycles. The highest BCUT2D eigenvalue weighted by molar-refractivity contribution is 7.13. The Morgan fingerprint density at radius 3 is 2.59 bits per heavy atom. The van der Waals surface area contributed by atoms with Gasteiger partial charge < -0.3 is 14.2 Å². The first-order valence-electron chi connectivity index (χ1n) is 9.33. The zero-order chi connectivity index (χ0) is 20.9. The van der Waals surface area contributed by atoms with Crippen LogP contribution in [0.1, 0.15) is 43.0 Å². The summed E-state index contributed by atoms with van der Waals surface area (Å²) in [6.07, 6.45) is 3.31. The Bertz CT molecular complexity index is 1290. The van der Waals surface area contributed by atoms with Gasteiger partial charge in [0.15, 0.2) is 5.13 Å². The van der Waals surface area contributed by atoms with E-state index in [0.717, 1.165) is 33.0 Å². The lowest BCUT2D eigenvalue weighted by molar-refractivity contribution is -0.115. The van der Waals surface area contributed by atoms with E-state index >= 15 is 0 Å². The van der Waals surface area contributed by atoms with Crippen molar-refractivity contribution >= 4 is 44.3 Å². The lowest BCUT2D eigenvalue weighted by atomic mass is 9.86. The van der Waals surface area contributed by atoms with E-state index in [1.54, 1.807) is 17.8 Å². The van der Waals surface area contributed by atoms with Gasteiger partial charge in [0, 0.05) is 33.5 Å². The molecule has 3 heterocycles. The molecule has 0 aliphatic heterocycles. The maximum atomic E-state index is 12.7. The SMILES string of the molecule is Cc1c(CC(=O)Nc2nccs2)c(=O)oc2c(C)c3occ(C(C)(C)C)c3cc12. The molecule has 0 saturated carbocycles. The minimum absolute atomic E-state index is 0.0711. The lowest BCUT2D eigenvalue weighted by Gasteiger charge is -2.17. The van der Waals surface area contributed by atoms with E-state index in [0.29, 0.717) is 16.3 Å². The molecule has 6 nitrogen and oxygen atoms in total. The predicted octanol–water partition coefficient (Wildman–Crippen LogP) is 5.09. The summed E-state index contributed by atoms with van der Waals surface area (Å²) in [6, 6.07) is 2.00.